The zero-order valence-corrected chi connectivity index (χ0v) is 20.9. The Hall–Kier alpha value is -2.18. The second-order valence-corrected chi connectivity index (χ2v) is 10.3. The topological polar surface area (TPSA) is 43.9 Å². The number of hydrogen-bond acceptors (Lipinski definition) is 4. The van der Waals surface area contributed by atoms with Crippen LogP contribution in [0.4, 0.5) is 0 Å². The standard InChI is InChI=1S/C27H37N3O2S/c1-3-5-9-21(4-2)27(32)29-17-15-28(16-18-29)25(31)20-30-14-12-24-23(13-19-33-24)26(30)22-10-7-6-8-11-22/h6-8,10-11,13,19,21,26H,3-5,9,12,14-18,20H2,1-2H3. The van der Waals surface area contributed by atoms with Crippen molar-refractivity contribution in [3.8, 4) is 0 Å². The van der Waals surface area contributed by atoms with Crippen molar-refractivity contribution in [2.24, 2.45) is 5.92 Å². The van der Waals surface area contributed by atoms with Crippen molar-refractivity contribution in [2.45, 2.75) is 52.0 Å². The molecule has 1 saturated heterocycles. The highest BCUT2D eigenvalue weighted by atomic mass is 32.1. The van der Waals surface area contributed by atoms with E-state index in [4.69, 9.17) is 0 Å². The largest absolute Gasteiger partial charge is 0.339 e. The molecular formula is C27H37N3O2S. The third-order valence-corrected chi connectivity index (χ3v) is 8.21. The Bertz CT molecular complexity index is 920. The van der Waals surface area contributed by atoms with E-state index in [9.17, 15) is 9.59 Å². The summed E-state index contributed by atoms with van der Waals surface area (Å²) < 4.78 is 0. The van der Waals surface area contributed by atoms with Gasteiger partial charge in [-0.25, -0.2) is 0 Å². The van der Waals surface area contributed by atoms with Crippen molar-refractivity contribution in [2.75, 3.05) is 39.3 Å². The van der Waals surface area contributed by atoms with Gasteiger partial charge < -0.3 is 9.80 Å². The maximum absolute atomic E-state index is 13.3. The van der Waals surface area contributed by atoms with Gasteiger partial charge in [-0.05, 0) is 41.8 Å². The summed E-state index contributed by atoms with van der Waals surface area (Å²) in [5.41, 5.74) is 2.59. The first kappa shape index (κ1) is 24.0. The van der Waals surface area contributed by atoms with Gasteiger partial charge in [0, 0.05) is 43.5 Å². The molecule has 0 aliphatic carbocycles. The van der Waals surface area contributed by atoms with Crippen LogP contribution in [0.25, 0.3) is 0 Å². The molecule has 2 aliphatic heterocycles. The van der Waals surface area contributed by atoms with Gasteiger partial charge in [-0.1, -0.05) is 57.0 Å². The Morgan fingerprint density at radius 2 is 1.73 bits per heavy atom. The van der Waals surface area contributed by atoms with Crippen molar-refractivity contribution in [3.05, 3.63) is 57.8 Å². The van der Waals surface area contributed by atoms with Crippen molar-refractivity contribution in [1.29, 1.82) is 0 Å². The third kappa shape index (κ3) is 5.49. The molecule has 2 atom stereocenters. The van der Waals surface area contributed by atoms with E-state index in [1.54, 1.807) is 0 Å². The molecule has 2 amide bonds. The molecule has 1 aromatic carbocycles. The first-order chi connectivity index (χ1) is 16.1. The highest BCUT2D eigenvalue weighted by molar-refractivity contribution is 7.10. The number of fused-ring (bicyclic) bond motifs is 1. The molecule has 2 unspecified atom stereocenters. The van der Waals surface area contributed by atoms with Crippen LogP contribution in [0.3, 0.4) is 0 Å². The zero-order chi connectivity index (χ0) is 23.2. The van der Waals surface area contributed by atoms with E-state index in [0.29, 0.717) is 32.7 Å². The number of piperazine rings is 1. The lowest BCUT2D eigenvalue weighted by molar-refractivity contribution is -0.143. The van der Waals surface area contributed by atoms with Gasteiger partial charge in [0.25, 0.3) is 0 Å². The molecule has 0 spiro atoms. The Morgan fingerprint density at radius 3 is 2.42 bits per heavy atom. The average molecular weight is 468 g/mol. The summed E-state index contributed by atoms with van der Waals surface area (Å²) in [7, 11) is 0. The van der Waals surface area contributed by atoms with Crippen molar-refractivity contribution in [3.63, 3.8) is 0 Å². The van der Waals surface area contributed by atoms with Crippen LogP contribution in [0, 0.1) is 5.92 Å². The number of amides is 2. The highest BCUT2D eigenvalue weighted by Gasteiger charge is 2.33. The number of unbranched alkanes of at least 4 members (excludes halogenated alkanes) is 1. The summed E-state index contributed by atoms with van der Waals surface area (Å²) in [5, 5.41) is 2.17. The summed E-state index contributed by atoms with van der Waals surface area (Å²) in [4.78, 5) is 33.9. The molecule has 0 N–H and O–H groups in total. The van der Waals surface area contributed by atoms with Crippen LogP contribution in [-0.2, 0) is 16.0 Å². The monoisotopic (exact) mass is 467 g/mol. The van der Waals surface area contributed by atoms with E-state index in [1.165, 1.54) is 16.0 Å². The van der Waals surface area contributed by atoms with E-state index in [-0.39, 0.29) is 23.8 Å². The van der Waals surface area contributed by atoms with Gasteiger partial charge in [-0.2, -0.15) is 0 Å². The summed E-state index contributed by atoms with van der Waals surface area (Å²) in [5.74, 6) is 0.593. The lowest BCUT2D eigenvalue weighted by Crippen LogP contribution is -2.54. The molecule has 33 heavy (non-hydrogen) atoms. The Morgan fingerprint density at radius 1 is 1.00 bits per heavy atom. The lowest BCUT2D eigenvalue weighted by atomic mass is 9.93. The average Bonchev–Trinajstić information content (AvgIpc) is 3.33. The number of nitrogens with zero attached hydrogens (tertiary/aromatic N) is 3. The van der Waals surface area contributed by atoms with Gasteiger partial charge in [-0.15, -0.1) is 11.3 Å². The molecule has 0 saturated carbocycles. The van der Waals surface area contributed by atoms with Crippen LogP contribution in [0.15, 0.2) is 41.8 Å². The fraction of sp³-hybridized carbons (Fsp3) is 0.556. The number of rotatable bonds is 8. The van der Waals surface area contributed by atoms with E-state index in [2.05, 4.69) is 54.5 Å². The molecule has 3 heterocycles. The quantitative estimate of drug-likeness (QED) is 0.571. The lowest BCUT2D eigenvalue weighted by Gasteiger charge is -2.39. The molecule has 2 aromatic rings. The summed E-state index contributed by atoms with van der Waals surface area (Å²) in [6.45, 7) is 8.20. The summed E-state index contributed by atoms with van der Waals surface area (Å²) in [6, 6.07) is 12.9. The minimum Gasteiger partial charge on any atom is -0.339 e. The van der Waals surface area contributed by atoms with Crippen molar-refractivity contribution in [1.82, 2.24) is 14.7 Å². The zero-order valence-electron chi connectivity index (χ0n) is 20.0. The highest BCUT2D eigenvalue weighted by Crippen LogP contribution is 2.37. The first-order valence-corrected chi connectivity index (χ1v) is 13.4. The van der Waals surface area contributed by atoms with Gasteiger partial charge in [0.15, 0.2) is 0 Å². The van der Waals surface area contributed by atoms with E-state index >= 15 is 0 Å². The fourth-order valence-corrected chi connectivity index (χ4v) is 6.13. The van der Waals surface area contributed by atoms with Crippen LogP contribution in [0.1, 0.15) is 61.6 Å². The molecule has 2 aliphatic rings. The van der Waals surface area contributed by atoms with Crippen LogP contribution >= 0.6 is 11.3 Å². The van der Waals surface area contributed by atoms with E-state index < -0.39 is 0 Å². The molecule has 0 radical (unpaired) electrons. The van der Waals surface area contributed by atoms with Crippen LogP contribution in [-0.4, -0.2) is 65.8 Å². The van der Waals surface area contributed by atoms with Gasteiger partial charge in [-0.3, -0.25) is 14.5 Å². The van der Waals surface area contributed by atoms with Crippen LogP contribution in [0.5, 0.6) is 0 Å². The van der Waals surface area contributed by atoms with Gasteiger partial charge >= 0.3 is 0 Å². The molecule has 1 fully saturated rings. The molecule has 5 nitrogen and oxygen atoms in total. The van der Waals surface area contributed by atoms with Crippen molar-refractivity contribution < 1.29 is 9.59 Å². The molecule has 6 heteroatoms. The molecule has 0 bridgehead atoms. The maximum atomic E-state index is 13.3. The van der Waals surface area contributed by atoms with Gasteiger partial charge in [0.1, 0.15) is 0 Å². The number of hydrogen-bond donors (Lipinski definition) is 0. The van der Waals surface area contributed by atoms with E-state index in [0.717, 1.165) is 38.6 Å². The van der Waals surface area contributed by atoms with Crippen LogP contribution < -0.4 is 0 Å². The van der Waals surface area contributed by atoms with Gasteiger partial charge in [0.05, 0.1) is 12.6 Å². The normalized spacial score (nSPS) is 19.9. The molecule has 178 valence electrons. The minimum atomic E-state index is 0.131. The number of carbonyl (C=O) groups excluding carboxylic acids is 2. The summed E-state index contributed by atoms with van der Waals surface area (Å²) >= 11 is 1.83. The maximum Gasteiger partial charge on any atom is 0.236 e. The van der Waals surface area contributed by atoms with Crippen molar-refractivity contribution >= 4 is 23.2 Å². The molecular weight excluding hydrogens is 430 g/mol. The Kier molecular flexibility index (Phi) is 8.20. The number of benzene rings is 1. The number of carbonyl (C=O) groups is 2. The molecule has 1 aromatic heterocycles. The Balaban J connectivity index is 1.37. The van der Waals surface area contributed by atoms with Crippen LogP contribution in [0.2, 0.25) is 0 Å². The Labute approximate surface area is 202 Å². The second kappa shape index (κ2) is 11.3. The van der Waals surface area contributed by atoms with E-state index in [1.807, 2.05) is 27.2 Å². The third-order valence-electron chi connectivity index (χ3n) is 7.21. The fourth-order valence-electron chi connectivity index (χ4n) is 5.23. The predicted molar refractivity (Wildman–Crippen MR) is 134 cm³/mol. The van der Waals surface area contributed by atoms with Gasteiger partial charge in [0.2, 0.25) is 11.8 Å². The predicted octanol–water partition coefficient (Wildman–Crippen LogP) is 4.58. The SMILES string of the molecule is CCCCC(CC)C(=O)N1CCN(C(=O)CN2CCc3sccc3C2c2ccccc2)CC1. The smallest absolute Gasteiger partial charge is 0.236 e. The first-order valence-electron chi connectivity index (χ1n) is 12.5. The number of thiophene rings is 1. The molecule has 4 rings (SSSR count). The second-order valence-electron chi connectivity index (χ2n) is 9.29. The minimum absolute atomic E-state index is 0.131. The summed E-state index contributed by atoms with van der Waals surface area (Å²) in [6.07, 6.45) is 5.11.